The van der Waals surface area contributed by atoms with Gasteiger partial charge in [0.2, 0.25) is 0 Å². The first-order valence-corrected chi connectivity index (χ1v) is 4.86. The van der Waals surface area contributed by atoms with Crippen molar-refractivity contribution in [3.05, 3.63) is 23.1 Å². The average Bonchev–Trinajstić information content (AvgIpc) is 1.87. The topological polar surface area (TPSA) is 0 Å². The Kier molecular flexibility index (Phi) is 5.51. The van der Waals surface area contributed by atoms with Crippen molar-refractivity contribution in [3.63, 3.8) is 0 Å². The molecule has 0 saturated carbocycles. The van der Waals surface area contributed by atoms with E-state index in [1.54, 1.807) is 11.8 Å². The third kappa shape index (κ3) is 3.78. The average molecular weight is 156 g/mol. The van der Waals surface area contributed by atoms with E-state index >= 15 is 0 Å². The molecule has 0 nitrogen and oxygen atoms in total. The van der Waals surface area contributed by atoms with Gasteiger partial charge < -0.3 is 0 Å². The fourth-order valence-corrected chi connectivity index (χ4v) is 1.32. The molecule has 0 heterocycles. The zero-order valence-electron chi connectivity index (χ0n) is 7.22. The van der Waals surface area contributed by atoms with Gasteiger partial charge in [0.05, 0.1) is 0 Å². The molecule has 1 heteroatoms. The minimum atomic E-state index is 0.642. The van der Waals surface area contributed by atoms with E-state index in [0.29, 0.717) is 5.92 Å². The third-order valence-electron chi connectivity index (χ3n) is 1.28. The van der Waals surface area contributed by atoms with Crippen molar-refractivity contribution in [2.45, 2.75) is 20.8 Å². The second-order valence-corrected chi connectivity index (χ2v) is 3.22. The van der Waals surface area contributed by atoms with Gasteiger partial charge in [-0.25, -0.2) is 0 Å². The van der Waals surface area contributed by atoms with E-state index in [1.165, 1.54) is 5.57 Å². The van der Waals surface area contributed by atoms with Gasteiger partial charge in [-0.1, -0.05) is 26.0 Å². The molecule has 10 heavy (non-hydrogen) atoms. The first kappa shape index (κ1) is 9.83. The van der Waals surface area contributed by atoms with E-state index < -0.39 is 0 Å². The van der Waals surface area contributed by atoms with Gasteiger partial charge in [-0.15, -0.1) is 11.8 Å². The number of hydrogen-bond acceptors (Lipinski definition) is 1. The van der Waals surface area contributed by atoms with Crippen molar-refractivity contribution < 1.29 is 0 Å². The third-order valence-corrected chi connectivity index (χ3v) is 1.79. The zero-order chi connectivity index (χ0) is 7.98. The van der Waals surface area contributed by atoms with Crippen LogP contribution in [0.15, 0.2) is 23.1 Å². The zero-order valence-corrected chi connectivity index (χ0v) is 8.03. The monoisotopic (exact) mass is 156 g/mol. The Hall–Kier alpha value is -0.170. The molecule has 0 N–H and O–H groups in total. The Balaban J connectivity index is 4.11. The predicted molar refractivity (Wildman–Crippen MR) is 51.3 cm³/mol. The molecule has 0 rings (SSSR count). The molecule has 0 bridgehead atoms. The van der Waals surface area contributed by atoms with Crippen LogP contribution in [0.1, 0.15) is 20.8 Å². The summed E-state index contributed by atoms with van der Waals surface area (Å²) in [7, 11) is 0. The van der Waals surface area contributed by atoms with Crippen LogP contribution in [-0.2, 0) is 0 Å². The Bertz CT molecular complexity index is 132. The molecular formula is C9H16S. The highest BCUT2D eigenvalue weighted by atomic mass is 32.2. The van der Waals surface area contributed by atoms with Crippen LogP contribution in [0.3, 0.4) is 0 Å². The van der Waals surface area contributed by atoms with Crippen LogP contribution in [0.4, 0.5) is 0 Å². The smallest absolute Gasteiger partial charge is 0.0142 e. The van der Waals surface area contributed by atoms with Gasteiger partial charge in [0.15, 0.2) is 0 Å². The molecule has 0 amide bonds. The fourth-order valence-electron chi connectivity index (χ4n) is 0.696. The Labute approximate surface area is 68.4 Å². The van der Waals surface area contributed by atoms with Gasteiger partial charge in [0.25, 0.3) is 0 Å². The molecule has 0 radical (unpaired) electrons. The highest BCUT2D eigenvalue weighted by Crippen LogP contribution is 2.14. The van der Waals surface area contributed by atoms with E-state index in [4.69, 9.17) is 0 Å². The standard InChI is InChI=1S/C9H16S/c1-5-6-9(7-10-4)8(2)3/h5-8H,1-4H3/b6-5+,9-7+. The molecule has 0 aliphatic carbocycles. The lowest BCUT2D eigenvalue weighted by molar-refractivity contribution is 0.794. The van der Waals surface area contributed by atoms with Crippen molar-refractivity contribution in [2.75, 3.05) is 6.26 Å². The maximum Gasteiger partial charge on any atom is -0.0142 e. The minimum Gasteiger partial charge on any atom is -0.137 e. The summed E-state index contributed by atoms with van der Waals surface area (Å²) in [4.78, 5) is 0. The normalized spacial score (nSPS) is 13.5. The lowest BCUT2D eigenvalue weighted by Crippen LogP contribution is -1.88. The van der Waals surface area contributed by atoms with Crippen LogP contribution >= 0.6 is 11.8 Å². The van der Waals surface area contributed by atoms with Crippen molar-refractivity contribution in [1.82, 2.24) is 0 Å². The molecule has 0 aromatic carbocycles. The molecule has 0 spiro atoms. The Morgan fingerprint density at radius 2 is 2.00 bits per heavy atom. The quantitative estimate of drug-likeness (QED) is 0.564. The summed E-state index contributed by atoms with van der Waals surface area (Å²) in [5, 5.41) is 2.20. The highest BCUT2D eigenvalue weighted by Gasteiger charge is 1.95. The Morgan fingerprint density at radius 1 is 1.40 bits per heavy atom. The van der Waals surface area contributed by atoms with Gasteiger partial charge >= 0.3 is 0 Å². The van der Waals surface area contributed by atoms with Crippen LogP contribution in [0, 0.1) is 5.92 Å². The van der Waals surface area contributed by atoms with Crippen LogP contribution < -0.4 is 0 Å². The molecule has 0 aromatic heterocycles. The summed E-state index contributed by atoms with van der Waals surface area (Å²) in [5.41, 5.74) is 1.41. The first-order chi connectivity index (χ1) is 4.72. The lowest BCUT2D eigenvalue weighted by Gasteiger charge is -2.03. The van der Waals surface area contributed by atoms with Gasteiger partial charge in [0, 0.05) is 0 Å². The summed E-state index contributed by atoms with van der Waals surface area (Å²) in [6, 6.07) is 0. The maximum absolute atomic E-state index is 2.21. The number of thioether (sulfide) groups is 1. The molecule has 0 aliphatic rings. The van der Waals surface area contributed by atoms with Crippen molar-refractivity contribution in [2.24, 2.45) is 5.92 Å². The van der Waals surface area contributed by atoms with E-state index in [0.717, 1.165) is 0 Å². The largest absolute Gasteiger partial charge is 0.137 e. The van der Waals surface area contributed by atoms with Crippen molar-refractivity contribution >= 4 is 11.8 Å². The molecule has 0 saturated heterocycles. The van der Waals surface area contributed by atoms with E-state index in [9.17, 15) is 0 Å². The second kappa shape index (κ2) is 5.60. The molecule has 0 atom stereocenters. The summed E-state index contributed by atoms with van der Waals surface area (Å²) in [6.07, 6.45) is 6.34. The van der Waals surface area contributed by atoms with E-state index in [-0.39, 0.29) is 0 Å². The molecule has 0 unspecified atom stereocenters. The minimum absolute atomic E-state index is 0.642. The van der Waals surface area contributed by atoms with Crippen LogP contribution in [-0.4, -0.2) is 6.26 Å². The second-order valence-electron chi connectivity index (χ2n) is 2.51. The molecule has 58 valence electrons. The first-order valence-electron chi connectivity index (χ1n) is 3.58. The lowest BCUT2D eigenvalue weighted by atomic mass is 10.1. The van der Waals surface area contributed by atoms with Gasteiger partial charge in [-0.3, -0.25) is 0 Å². The summed E-state index contributed by atoms with van der Waals surface area (Å²) in [5.74, 6) is 0.642. The molecule has 0 aromatic rings. The predicted octanol–water partition coefficient (Wildman–Crippen LogP) is 3.47. The maximum atomic E-state index is 2.21. The van der Waals surface area contributed by atoms with E-state index in [2.05, 4.69) is 44.6 Å². The number of rotatable bonds is 3. The molecule has 0 aliphatic heterocycles. The van der Waals surface area contributed by atoms with Crippen LogP contribution in [0.2, 0.25) is 0 Å². The fraction of sp³-hybridized carbons (Fsp3) is 0.556. The van der Waals surface area contributed by atoms with Gasteiger partial charge in [-0.05, 0) is 30.1 Å². The van der Waals surface area contributed by atoms with Crippen LogP contribution in [0.25, 0.3) is 0 Å². The summed E-state index contributed by atoms with van der Waals surface area (Å²) < 4.78 is 0. The number of hydrogen-bond donors (Lipinski definition) is 0. The summed E-state index contributed by atoms with van der Waals surface area (Å²) >= 11 is 1.76. The van der Waals surface area contributed by atoms with E-state index in [1.807, 2.05) is 0 Å². The number of allylic oxidation sites excluding steroid dienone is 3. The van der Waals surface area contributed by atoms with Crippen molar-refractivity contribution in [3.8, 4) is 0 Å². The SMILES string of the molecule is C/C=C/C(=C\SC)C(C)C. The summed E-state index contributed by atoms with van der Waals surface area (Å²) in [6.45, 7) is 6.47. The highest BCUT2D eigenvalue weighted by molar-refractivity contribution is 8.01. The molecule has 0 fully saturated rings. The van der Waals surface area contributed by atoms with Gasteiger partial charge in [-0.2, -0.15) is 0 Å². The van der Waals surface area contributed by atoms with Crippen LogP contribution in [0.5, 0.6) is 0 Å². The van der Waals surface area contributed by atoms with Gasteiger partial charge in [0.1, 0.15) is 0 Å². The molecular weight excluding hydrogens is 140 g/mol. The Morgan fingerprint density at radius 3 is 2.30 bits per heavy atom. The van der Waals surface area contributed by atoms with Crippen molar-refractivity contribution in [1.29, 1.82) is 0 Å².